The minimum absolute atomic E-state index is 0.810. The summed E-state index contributed by atoms with van der Waals surface area (Å²) in [5, 5.41) is 3.65. The van der Waals surface area contributed by atoms with Gasteiger partial charge in [-0.1, -0.05) is 30.3 Å². The van der Waals surface area contributed by atoms with Crippen LogP contribution in [0.25, 0.3) is 59.0 Å². The molecule has 0 fully saturated rings. The van der Waals surface area contributed by atoms with E-state index in [4.69, 9.17) is 9.97 Å². The molecule has 0 aliphatic heterocycles. The number of pyridine rings is 1. The molecule has 4 aromatic heterocycles. The zero-order valence-electron chi connectivity index (χ0n) is 15.8. The Hall–Kier alpha value is -3.83. The van der Waals surface area contributed by atoms with E-state index in [-0.39, 0.29) is 0 Å². The molecule has 0 radical (unpaired) electrons. The minimum Gasteiger partial charge on any atom is -0.290 e. The van der Waals surface area contributed by atoms with Crippen molar-refractivity contribution in [2.24, 2.45) is 0 Å². The molecular weight excluding hydrogens is 388 g/mol. The average Bonchev–Trinajstić information content (AvgIpc) is 3.34. The molecule has 3 aromatic carbocycles. The third-order valence-corrected chi connectivity index (χ3v) is 6.82. The monoisotopic (exact) mass is 402 g/mol. The van der Waals surface area contributed by atoms with E-state index in [2.05, 4.69) is 52.0 Å². The Kier molecular flexibility index (Phi) is 3.12. The molecule has 0 saturated carbocycles. The lowest BCUT2D eigenvalue weighted by atomic mass is 10.1. The predicted molar refractivity (Wildman–Crippen MR) is 125 cm³/mol. The van der Waals surface area contributed by atoms with E-state index in [0.717, 1.165) is 38.8 Å². The van der Waals surface area contributed by atoms with Crippen LogP contribution < -0.4 is 0 Å². The van der Waals surface area contributed by atoms with Crippen molar-refractivity contribution in [1.29, 1.82) is 0 Å². The first-order valence-electron chi connectivity index (χ1n) is 9.80. The Morgan fingerprint density at radius 2 is 1.57 bits per heavy atom. The molecule has 5 heteroatoms. The predicted octanol–water partition coefficient (Wildman–Crippen LogP) is 6.49. The van der Waals surface area contributed by atoms with Crippen molar-refractivity contribution >= 4 is 64.5 Å². The third kappa shape index (κ3) is 2.07. The molecule has 0 aliphatic rings. The maximum atomic E-state index is 4.97. The zero-order valence-corrected chi connectivity index (χ0v) is 16.6. The molecule has 0 spiro atoms. The molecule has 30 heavy (non-hydrogen) atoms. The molecule has 0 bridgehead atoms. The van der Waals surface area contributed by atoms with E-state index < -0.39 is 0 Å². The van der Waals surface area contributed by atoms with Gasteiger partial charge < -0.3 is 0 Å². The Bertz CT molecular complexity index is 1760. The van der Waals surface area contributed by atoms with Gasteiger partial charge in [-0.2, -0.15) is 0 Å². The van der Waals surface area contributed by atoms with Crippen LogP contribution in [0.2, 0.25) is 0 Å². The lowest BCUT2D eigenvalue weighted by Gasteiger charge is -2.08. The number of rotatable bonds is 1. The summed E-state index contributed by atoms with van der Waals surface area (Å²) in [5.41, 5.74) is 4.95. The van der Waals surface area contributed by atoms with Gasteiger partial charge in [-0.15, -0.1) is 11.3 Å². The second-order valence-corrected chi connectivity index (χ2v) is 8.44. The highest BCUT2D eigenvalue weighted by atomic mass is 32.1. The highest BCUT2D eigenvalue weighted by Gasteiger charge is 2.19. The van der Waals surface area contributed by atoms with Crippen molar-refractivity contribution in [1.82, 2.24) is 19.5 Å². The SMILES string of the molecule is c1ccc2nc(-n3c4cccnc4c4ccc5sc6ccccc6c5c43)cnc2c1. The summed E-state index contributed by atoms with van der Waals surface area (Å²) in [7, 11) is 0. The number of aromatic nitrogens is 4. The minimum atomic E-state index is 0.810. The van der Waals surface area contributed by atoms with Crippen molar-refractivity contribution < 1.29 is 0 Å². The lowest BCUT2D eigenvalue weighted by molar-refractivity contribution is 1.08. The van der Waals surface area contributed by atoms with Gasteiger partial charge in [0.1, 0.15) is 0 Å². The molecule has 4 heterocycles. The van der Waals surface area contributed by atoms with E-state index in [9.17, 15) is 0 Å². The topological polar surface area (TPSA) is 43.6 Å². The first-order chi connectivity index (χ1) is 14.9. The van der Waals surface area contributed by atoms with Gasteiger partial charge in [-0.05, 0) is 42.5 Å². The van der Waals surface area contributed by atoms with Crippen molar-refractivity contribution in [3.05, 3.63) is 85.2 Å². The van der Waals surface area contributed by atoms with E-state index in [0.29, 0.717) is 0 Å². The number of para-hydroxylation sites is 2. The summed E-state index contributed by atoms with van der Waals surface area (Å²) < 4.78 is 4.77. The lowest BCUT2D eigenvalue weighted by Crippen LogP contribution is -1.99. The van der Waals surface area contributed by atoms with Gasteiger partial charge in [0.15, 0.2) is 5.82 Å². The second kappa shape index (κ2) is 5.84. The smallest absolute Gasteiger partial charge is 0.156 e. The van der Waals surface area contributed by atoms with Gasteiger partial charge in [-0.3, -0.25) is 14.5 Å². The van der Waals surface area contributed by atoms with Crippen LogP contribution in [0.5, 0.6) is 0 Å². The fourth-order valence-electron chi connectivity index (χ4n) is 4.42. The quantitative estimate of drug-likeness (QED) is 0.315. The van der Waals surface area contributed by atoms with Crippen LogP contribution in [0.4, 0.5) is 0 Å². The molecule has 4 nitrogen and oxygen atoms in total. The number of fused-ring (bicyclic) bond motifs is 8. The largest absolute Gasteiger partial charge is 0.290 e. The molecule has 0 saturated heterocycles. The summed E-state index contributed by atoms with van der Waals surface area (Å²) in [6.45, 7) is 0. The zero-order chi connectivity index (χ0) is 19.7. The Labute approximate surface area is 175 Å². The van der Waals surface area contributed by atoms with Crippen LogP contribution in [0.1, 0.15) is 0 Å². The van der Waals surface area contributed by atoms with Crippen LogP contribution in [-0.2, 0) is 0 Å². The molecule has 0 amide bonds. The van der Waals surface area contributed by atoms with E-state index >= 15 is 0 Å². The first-order valence-corrected chi connectivity index (χ1v) is 10.6. The van der Waals surface area contributed by atoms with E-state index in [1.807, 2.05) is 54.1 Å². The van der Waals surface area contributed by atoms with E-state index in [1.54, 1.807) is 0 Å². The van der Waals surface area contributed by atoms with Crippen molar-refractivity contribution in [3.8, 4) is 5.82 Å². The summed E-state index contributed by atoms with van der Waals surface area (Å²) in [6, 6.07) is 25.1. The van der Waals surface area contributed by atoms with E-state index in [1.165, 1.54) is 20.2 Å². The Morgan fingerprint density at radius 1 is 0.700 bits per heavy atom. The second-order valence-electron chi connectivity index (χ2n) is 7.36. The summed E-state index contributed by atoms with van der Waals surface area (Å²) in [5.74, 6) is 0.810. The molecule has 0 unspecified atom stereocenters. The van der Waals surface area contributed by atoms with Gasteiger partial charge >= 0.3 is 0 Å². The van der Waals surface area contributed by atoms with Crippen LogP contribution >= 0.6 is 11.3 Å². The summed E-state index contributed by atoms with van der Waals surface area (Å²) in [4.78, 5) is 14.4. The molecule has 7 aromatic rings. The fourth-order valence-corrected chi connectivity index (χ4v) is 5.53. The van der Waals surface area contributed by atoms with Crippen molar-refractivity contribution in [3.63, 3.8) is 0 Å². The summed E-state index contributed by atoms with van der Waals surface area (Å²) in [6.07, 6.45) is 3.72. The van der Waals surface area contributed by atoms with Gasteiger partial charge in [0.05, 0.1) is 33.8 Å². The molecular formula is C25H14N4S. The van der Waals surface area contributed by atoms with Gasteiger partial charge in [0.25, 0.3) is 0 Å². The number of benzene rings is 3. The van der Waals surface area contributed by atoms with Crippen LogP contribution in [0, 0.1) is 0 Å². The molecule has 0 atom stereocenters. The van der Waals surface area contributed by atoms with Crippen LogP contribution in [0.15, 0.2) is 85.2 Å². The van der Waals surface area contributed by atoms with Crippen LogP contribution in [0.3, 0.4) is 0 Å². The number of hydrogen-bond donors (Lipinski definition) is 0. The molecule has 7 rings (SSSR count). The number of nitrogens with zero attached hydrogens (tertiary/aromatic N) is 4. The number of hydrogen-bond acceptors (Lipinski definition) is 4. The fraction of sp³-hybridized carbons (Fsp3) is 0. The molecule has 140 valence electrons. The van der Waals surface area contributed by atoms with Crippen molar-refractivity contribution in [2.75, 3.05) is 0 Å². The molecule has 0 N–H and O–H groups in total. The standard InChI is InChI=1S/C25H14N4S/c1-4-10-20-15(6-1)23-21(30-20)12-11-16-24-19(9-5-13-26-24)29(25(16)23)22-14-27-17-7-2-3-8-18(17)28-22/h1-14H. The highest BCUT2D eigenvalue weighted by molar-refractivity contribution is 7.26. The normalized spacial score (nSPS) is 12.0. The highest BCUT2D eigenvalue weighted by Crippen LogP contribution is 2.42. The Balaban J connectivity index is 1.74. The van der Waals surface area contributed by atoms with Gasteiger partial charge in [0.2, 0.25) is 0 Å². The summed E-state index contributed by atoms with van der Waals surface area (Å²) >= 11 is 1.82. The first kappa shape index (κ1) is 16.0. The van der Waals surface area contributed by atoms with Crippen LogP contribution in [-0.4, -0.2) is 19.5 Å². The maximum Gasteiger partial charge on any atom is 0.156 e. The average molecular weight is 402 g/mol. The van der Waals surface area contributed by atoms with Crippen molar-refractivity contribution in [2.45, 2.75) is 0 Å². The van der Waals surface area contributed by atoms with Gasteiger partial charge in [0, 0.05) is 31.8 Å². The third-order valence-electron chi connectivity index (χ3n) is 5.69. The maximum absolute atomic E-state index is 4.97. The van der Waals surface area contributed by atoms with Gasteiger partial charge in [-0.25, -0.2) is 4.98 Å². The molecule has 0 aliphatic carbocycles. The Morgan fingerprint density at radius 3 is 2.53 bits per heavy atom. The number of thiophene rings is 1.